The summed E-state index contributed by atoms with van der Waals surface area (Å²) in [6, 6.07) is 0. The number of nitrogens with two attached hydrogens (primary N) is 3. The van der Waals surface area contributed by atoms with Crippen molar-refractivity contribution in [2.24, 2.45) is 0 Å². The number of halogens is 8. The molecule has 1 saturated heterocycles. The van der Waals surface area contributed by atoms with Crippen LogP contribution >= 0.6 is 86.7 Å². The Kier molecular flexibility index (Phi) is 156. The Balaban J connectivity index is -0.0000000269. The van der Waals surface area contributed by atoms with Crippen molar-refractivity contribution >= 4 is 92.4 Å². The number of hydrogen-bond donors (Lipinski definition) is 1. The number of rotatable bonds is 1. The summed E-state index contributed by atoms with van der Waals surface area (Å²) in [5, 5.41) is 22.1. The van der Waals surface area contributed by atoms with E-state index in [9.17, 15) is 0 Å². The number of nitrogens with zero attached hydrogens (tertiary/aromatic N) is 3. The third-order valence-electron chi connectivity index (χ3n) is 1.73. The zero-order valence-electron chi connectivity index (χ0n) is 19.8. The van der Waals surface area contributed by atoms with E-state index in [0.717, 1.165) is 13.1 Å². The Morgan fingerprint density at radius 2 is 1.25 bits per heavy atom. The molecule has 0 saturated carbocycles. The third kappa shape index (κ3) is 181. The normalized spacial score (nSPS) is 9.33. The van der Waals surface area contributed by atoms with E-state index in [1.807, 2.05) is 5.38 Å². The molecular formula is C16H35Cl8N6OPt4S-. The summed E-state index contributed by atoms with van der Waals surface area (Å²) in [5.41, 5.74) is 2.77. The maximum atomic E-state index is 7.98. The van der Waals surface area contributed by atoms with Gasteiger partial charge in [-0.2, -0.15) is 0 Å². The van der Waals surface area contributed by atoms with Gasteiger partial charge in [0.25, 0.3) is 0 Å². The molecule has 7 N–H and O–H groups in total. The van der Waals surface area contributed by atoms with Crippen LogP contribution in [0, 0.1) is 14.0 Å². The van der Waals surface area contributed by atoms with Crippen molar-refractivity contribution in [3.8, 4) is 0 Å². The maximum absolute atomic E-state index is 7.98. The van der Waals surface area contributed by atoms with Gasteiger partial charge in [-0.1, -0.05) is 40.0 Å². The largest absolute Gasteiger partial charge is 0.693 e. The molecule has 0 unspecified atom stereocenters. The summed E-state index contributed by atoms with van der Waals surface area (Å²) in [5.74, 6) is 0. The summed E-state index contributed by atoms with van der Waals surface area (Å²) in [6.07, 6.45) is 5.84. The number of aliphatic hydroxyl groups excluding tert-OH is 1. The Labute approximate surface area is 289 Å². The molecule has 0 spiro atoms. The van der Waals surface area contributed by atoms with Crippen molar-refractivity contribution < 1.29 is 71.0 Å². The molecule has 1 aliphatic heterocycles. The standard InChI is InChI=1S/C5H10N.C4H7O.C3H3NS.C3H6N.CH3.8ClH.3H2N.4Pt/c1-2-4-6-5-3-1;1-4(2)3-5;1-2-5-3-4-1;1-3(2)4;;;;;;;;;;;;;;;;/h1-5H2;1,5H,3H2,2H3;1-3H;1-2H3;1H3;8*1H;3*1H2;;;;/q2*-1;;2*-1;;;;;;;;;3*-1;+2;3*+4/p-8. The molecule has 20 heteroatoms. The van der Waals surface area contributed by atoms with Crippen LogP contribution in [0.15, 0.2) is 22.7 Å². The summed E-state index contributed by atoms with van der Waals surface area (Å²) >= 11 is -0.287. The number of hydrogen-bond acceptors (Lipinski definition) is 3. The van der Waals surface area contributed by atoms with Crippen LogP contribution in [0.5, 0.6) is 0 Å². The molecule has 0 aliphatic carbocycles. The van der Waals surface area contributed by atoms with Crippen molar-refractivity contribution in [3.63, 3.8) is 0 Å². The Morgan fingerprint density at radius 1 is 0.972 bits per heavy atom. The minimum Gasteiger partial charge on any atom is -0.693 e. The summed E-state index contributed by atoms with van der Waals surface area (Å²) in [6.45, 7) is 12.2. The zero-order chi connectivity index (χ0) is 26.5. The molecule has 1 fully saturated rings. The van der Waals surface area contributed by atoms with Crippen LogP contribution in [-0.4, -0.2) is 35.5 Å². The summed E-state index contributed by atoms with van der Waals surface area (Å²) in [7, 11) is 39.0. The zero-order valence-corrected chi connectivity index (χ0v) is 35.7. The topological polar surface area (TPSA) is 170 Å². The van der Waals surface area contributed by atoms with Gasteiger partial charge < -0.3 is 48.3 Å². The molecule has 1 aromatic rings. The summed E-state index contributed by atoms with van der Waals surface area (Å²) in [4.78, 5) is 3.74. The first-order valence-electron chi connectivity index (χ1n) is 7.59. The fourth-order valence-corrected chi connectivity index (χ4v) is 1.26. The molecule has 7 nitrogen and oxygen atoms in total. The van der Waals surface area contributed by atoms with Crippen molar-refractivity contribution in [1.82, 2.24) is 4.98 Å². The predicted octanol–water partition coefficient (Wildman–Crippen LogP) is 12.2. The van der Waals surface area contributed by atoms with E-state index in [4.69, 9.17) is 92.4 Å². The van der Waals surface area contributed by atoms with E-state index >= 15 is 0 Å². The number of thiazole rings is 1. The van der Waals surface area contributed by atoms with E-state index in [1.54, 1.807) is 43.8 Å². The SMILES string of the molecule is C1CC[N-]CC1.CC(C)=[N-].[CH-]=C(C)CO.[CH3-].[Cl][Pt+2][Cl].[Cl][Pt+2][Cl].[Cl][Pt+2][Cl].[Cl][Pt][Cl].[NH2-].[NH2-].[NH2-].c1cscn1. The van der Waals surface area contributed by atoms with Gasteiger partial charge in [0.1, 0.15) is 0 Å². The Bertz CT molecular complexity index is 372. The molecule has 0 amide bonds. The van der Waals surface area contributed by atoms with Crippen LogP contribution in [0.2, 0.25) is 0 Å². The van der Waals surface area contributed by atoms with Crippen molar-refractivity contribution in [2.75, 3.05) is 19.7 Å². The van der Waals surface area contributed by atoms with Gasteiger partial charge in [-0.3, -0.25) is 4.98 Å². The number of piperidine rings is 1. The van der Waals surface area contributed by atoms with Gasteiger partial charge in [-0.05, 0) is 0 Å². The summed E-state index contributed by atoms with van der Waals surface area (Å²) < 4.78 is 0. The second-order valence-electron chi connectivity index (χ2n) is 4.54. The minimum absolute atomic E-state index is 0. The van der Waals surface area contributed by atoms with E-state index in [-0.39, 0.29) is 32.5 Å². The monoisotopic (exact) mass is 1420 g/mol. The second kappa shape index (κ2) is 83.3. The molecular weight excluding hydrogens is 1390 g/mol. The maximum Gasteiger partial charge on any atom is 0.0791 e. The fraction of sp³-hybridized carbons (Fsp3) is 0.562. The van der Waals surface area contributed by atoms with Gasteiger partial charge in [-0.15, -0.1) is 24.4 Å². The van der Waals surface area contributed by atoms with Crippen LogP contribution in [0.25, 0.3) is 29.2 Å². The van der Waals surface area contributed by atoms with Crippen molar-refractivity contribution in [2.45, 2.75) is 40.0 Å². The van der Waals surface area contributed by atoms with Crippen LogP contribution in [-0.2, 0) is 65.9 Å². The van der Waals surface area contributed by atoms with E-state index in [1.165, 1.54) is 19.3 Å². The average Bonchev–Trinajstić information content (AvgIpc) is 3.32. The molecule has 0 atom stereocenters. The Morgan fingerprint density at radius 3 is 1.31 bits per heavy atom. The van der Waals surface area contributed by atoms with E-state index < -0.39 is 65.9 Å². The molecule has 0 bridgehead atoms. The molecule has 238 valence electrons. The van der Waals surface area contributed by atoms with E-state index in [2.05, 4.69) is 10.3 Å². The van der Waals surface area contributed by atoms with Crippen LogP contribution < -0.4 is 0 Å². The van der Waals surface area contributed by atoms with Gasteiger partial charge in [0.2, 0.25) is 0 Å². The molecule has 36 heavy (non-hydrogen) atoms. The number of aliphatic hydroxyl groups is 1. The van der Waals surface area contributed by atoms with E-state index in [0.29, 0.717) is 11.3 Å². The first kappa shape index (κ1) is 67.5. The van der Waals surface area contributed by atoms with Gasteiger partial charge in [0.05, 0.1) is 5.51 Å². The smallest absolute Gasteiger partial charge is 0.0791 e. The van der Waals surface area contributed by atoms with Crippen molar-refractivity contribution in [1.29, 1.82) is 0 Å². The van der Waals surface area contributed by atoms with Gasteiger partial charge in [0, 0.05) is 18.2 Å². The van der Waals surface area contributed by atoms with Gasteiger partial charge in [0.15, 0.2) is 0 Å². The first-order valence-corrected chi connectivity index (χ1v) is 31.1. The molecule has 2 rings (SSSR count). The number of aromatic nitrogens is 1. The van der Waals surface area contributed by atoms with Gasteiger partial charge >= 0.3 is 141 Å². The third-order valence-corrected chi connectivity index (χ3v) is 2.25. The first-order chi connectivity index (χ1) is 15.2. The van der Waals surface area contributed by atoms with Crippen LogP contribution in [0.4, 0.5) is 0 Å². The van der Waals surface area contributed by atoms with Crippen molar-refractivity contribution in [3.05, 3.63) is 65.8 Å². The Hall–Kier alpha value is 3.91. The molecule has 1 aromatic heterocycles. The predicted molar refractivity (Wildman–Crippen MR) is 158 cm³/mol. The minimum atomic E-state index is -0.472. The molecule has 0 radical (unpaired) electrons. The van der Waals surface area contributed by atoms with Crippen LogP contribution in [0.3, 0.4) is 0 Å². The fourth-order valence-electron chi connectivity index (χ4n) is 0.911. The average molecular weight is 1420 g/mol. The van der Waals surface area contributed by atoms with Gasteiger partial charge in [-0.25, -0.2) is 11.3 Å². The molecule has 1 aliphatic rings. The quantitative estimate of drug-likeness (QED) is 0.218. The van der Waals surface area contributed by atoms with Crippen LogP contribution in [0.1, 0.15) is 40.0 Å². The molecule has 2 heterocycles. The second-order valence-corrected chi connectivity index (χ2v) is 18.4. The molecule has 0 aromatic carbocycles.